The van der Waals surface area contributed by atoms with Crippen molar-refractivity contribution in [3.63, 3.8) is 0 Å². The normalized spacial score (nSPS) is 11.3. The lowest BCUT2D eigenvalue weighted by atomic mass is 10.1. The Bertz CT molecular complexity index is 1590. The summed E-state index contributed by atoms with van der Waals surface area (Å²) in [6, 6.07) is 7.96. The number of rotatable bonds is 6. The van der Waals surface area contributed by atoms with Crippen molar-refractivity contribution in [2.45, 2.75) is 12.8 Å². The number of ether oxygens (including phenoxy) is 1. The van der Waals surface area contributed by atoms with Crippen molar-refractivity contribution in [3.05, 3.63) is 87.7 Å². The van der Waals surface area contributed by atoms with Gasteiger partial charge in [0, 0.05) is 22.8 Å². The number of pyridine rings is 1. The van der Waals surface area contributed by atoms with Gasteiger partial charge in [0.05, 0.1) is 28.8 Å². The minimum absolute atomic E-state index is 0.0157. The third kappa shape index (κ3) is 5.42. The van der Waals surface area contributed by atoms with Crippen LogP contribution in [0.15, 0.2) is 59.8 Å². The van der Waals surface area contributed by atoms with Gasteiger partial charge < -0.3 is 24.5 Å². The van der Waals surface area contributed by atoms with E-state index in [9.17, 15) is 32.3 Å². The zero-order valence-corrected chi connectivity index (χ0v) is 18.4. The van der Waals surface area contributed by atoms with E-state index in [2.05, 4.69) is 15.3 Å². The molecule has 4 N–H and O–H groups in total. The van der Waals surface area contributed by atoms with Crippen LogP contribution in [-0.4, -0.2) is 42.8 Å². The Balaban J connectivity index is 1.56. The van der Waals surface area contributed by atoms with Crippen molar-refractivity contribution in [1.29, 1.82) is 0 Å². The monoisotopic (exact) mass is 516 g/mol. The van der Waals surface area contributed by atoms with E-state index in [0.29, 0.717) is 6.07 Å². The van der Waals surface area contributed by atoms with Gasteiger partial charge in [-0.2, -0.15) is 13.2 Å². The highest BCUT2D eigenvalue weighted by Gasteiger charge is 2.35. The molecule has 0 aliphatic rings. The molecular formula is C23H15F3N4O7. The summed E-state index contributed by atoms with van der Waals surface area (Å²) in [5.74, 6) is -2.68. The molecule has 0 atom stereocenters. The number of hydrogen-bond donors (Lipinski definition) is 4. The van der Waals surface area contributed by atoms with Crippen molar-refractivity contribution < 1.29 is 42.5 Å². The van der Waals surface area contributed by atoms with Crippen LogP contribution in [0.1, 0.15) is 32.0 Å². The summed E-state index contributed by atoms with van der Waals surface area (Å²) in [6.45, 7) is -0.405. The fraction of sp³-hybridized carbons (Fsp3) is 0.0870. The summed E-state index contributed by atoms with van der Waals surface area (Å²) in [5, 5.41) is 20.4. The molecule has 0 unspecified atom stereocenters. The van der Waals surface area contributed by atoms with E-state index in [4.69, 9.17) is 14.9 Å². The Morgan fingerprint density at radius 1 is 1.05 bits per heavy atom. The second-order valence-electron chi connectivity index (χ2n) is 7.63. The molecule has 190 valence electrons. The Labute approximate surface area is 203 Å². The summed E-state index contributed by atoms with van der Waals surface area (Å²) in [7, 11) is 0. The van der Waals surface area contributed by atoms with Gasteiger partial charge in [-0.1, -0.05) is 0 Å². The van der Waals surface area contributed by atoms with Crippen molar-refractivity contribution in [1.82, 2.24) is 14.5 Å². The summed E-state index contributed by atoms with van der Waals surface area (Å²) in [4.78, 5) is 52.1. The molecule has 2 heterocycles. The number of fused-ring (bicyclic) bond motifs is 1. The molecule has 0 radical (unpaired) electrons. The minimum atomic E-state index is -4.83. The summed E-state index contributed by atoms with van der Waals surface area (Å²) in [6.07, 6.45) is -3.50. The zero-order chi connectivity index (χ0) is 26.9. The fourth-order valence-electron chi connectivity index (χ4n) is 3.40. The van der Waals surface area contributed by atoms with Crippen molar-refractivity contribution in [2.75, 3.05) is 5.32 Å². The number of carbonyl (C=O) groups excluding carboxylic acids is 1. The van der Waals surface area contributed by atoms with E-state index in [1.165, 1.54) is 30.5 Å². The molecule has 0 fully saturated rings. The zero-order valence-electron chi connectivity index (χ0n) is 18.4. The lowest BCUT2D eigenvalue weighted by Gasteiger charge is -2.15. The number of carboxylic acids is 2. The van der Waals surface area contributed by atoms with Gasteiger partial charge in [-0.3, -0.25) is 10.1 Å². The molecule has 0 saturated heterocycles. The largest absolute Gasteiger partial charge is 0.478 e. The van der Waals surface area contributed by atoms with Crippen LogP contribution < -0.4 is 10.9 Å². The van der Waals surface area contributed by atoms with Crippen LogP contribution in [0.5, 0.6) is 0 Å². The number of alkyl halides is 3. The third-order valence-electron chi connectivity index (χ3n) is 5.14. The third-order valence-corrected chi connectivity index (χ3v) is 5.14. The number of nitrogens with zero attached hydrogens (tertiary/aromatic N) is 2. The molecule has 0 saturated carbocycles. The number of benzene rings is 2. The standard InChI is InChI=1S/C23H15F3N4O7/c24-23(25,26)16-7-17-12(5-15(21(34)35)19(31)29-17)6-18(16)30-8-14(27-10-30)9-37-22(36)28-13-3-1-11(2-4-13)20(32)33/h1-8,10H,9H2,(H,28,36)(H,29,31)(H,32,33)(H,34,35). The van der Waals surface area contributed by atoms with Crippen LogP contribution in [0.3, 0.4) is 0 Å². The number of aromatic amines is 1. The van der Waals surface area contributed by atoms with E-state index in [-0.39, 0.29) is 27.8 Å². The van der Waals surface area contributed by atoms with Crippen LogP contribution in [0.2, 0.25) is 0 Å². The second kappa shape index (κ2) is 9.49. The fourth-order valence-corrected chi connectivity index (χ4v) is 3.40. The highest BCUT2D eigenvalue weighted by Crippen LogP contribution is 2.36. The van der Waals surface area contributed by atoms with Crippen LogP contribution in [0.25, 0.3) is 16.6 Å². The number of amides is 1. The second-order valence-corrected chi connectivity index (χ2v) is 7.63. The molecule has 2 aromatic heterocycles. The smallest absolute Gasteiger partial charge is 0.418 e. The number of anilines is 1. The molecule has 0 bridgehead atoms. The number of imidazole rings is 1. The summed E-state index contributed by atoms with van der Waals surface area (Å²) < 4.78 is 47.4. The van der Waals surface area contributed by atoms with Gasteiger partial charge in [0.25, 0.3) is 5.56 Å². The van der Waals surface area contributed by atoms with E-state index in [0.717, 1.165) is 23.0 Å². The summed E-state index contributed by atoms with van der Waals surface area (Å²) in [5.41, 5.74) is -3.04. The van der Waals surface area contributed by atoms with E-state index >= 15 is 0 Å². The molecule has 2 aromatic carbocycles. The van der Waals surface area contributed by atoms with Crippen molar-refractivity contribution in [3.8, 4) is 5.69 Å². The number of aromatic nitrogens is 3. The Hall–Kier alpha value is -5.14. The lowest BCUT2D eigenvalue weighted by molar-refractivity contribution is -0.137. The number of carbonyl (C=O) groups is 3. The Kier molecular flexibility index (Phi) is 6.40. The van der Waals surface area contributed by atoms with Crippen LogP contribution >= 0.6 is 0 Å². The van der Waals surface area contributed by atoms with Gasteiger partial charge >= 0.3 is 24.2 Å². The Morgan fingerprint density at radius 2 is 1.76 bits per heavy atom. The van der Waals surface area contributed by atoms with Gasteiger partial charge in [0.2, 0.25) is 0 Å². The number of hydrogen-bond acceptors (Lipinski definition) is 6. The molecule has 0 aliphatic heterocycles. The first-order valence-electron chi connectivity index (χ1n) is 10.2. The first kappa shape index (κ1) is 25.0. The molecule has 14 heteroatoms. The van der Waals surface area contributed by atoms with E-state index < -0.39 is 53.2 Å². The van der Waals surface area contributed by atoms with E-state index in [1.54, 1.807) is 0 Å². The number of nitrogens with one attached hydrogen (secondary N) is 2. The van der Waals surface area contributed by atoms with Crippen molar-refractivity contribution in [2.24, 2.45) is 0 Å². The van der Waals surface area contributed by atoms with Gasteiger partial charge in [-0.15, -0.1) is 0 Å². The molecule has 37 heavy (non-hydrogen) atoms. The molecule has 0 spiro atoms. The molecule has 11 nitrogen and oxygen atoms in total. The highest BCUT2D eigenvalue weighted by atomic mass is 19.4. The number of halogens is 3. The number of H-pyrrole nitrogens is 1. The van der Waals surface area contributed by atoms with Crippen LogP contribution in [0.4, 0.5) is 23.7 Å². The average molecular weight is 516 g/mol. The van der Waals surface area contributed by atoms with E-state index in [1.807, 2.05) is 0 Å². The van der Waals surface area contributed by atoms with Gasteiger partial charge in [-0.25, -0.2) is 19.4 Å². The predicted octanol–water partition coefficient (Wildman–Crippen LogP) is 3.88. The first-order chi connectivity index (χ1) is 17.4. The SMILES string of the molecule is O=C(Nc1ccc(C(=O)O)cc1)OCc1cn(-c2cc3cc(C(=O)O)c(=O)[nH]c3cc2C(F)(F)F)cn1. The predicted molar refractivity (Wildman–Crippen MR) is 121 cm³/mol. The van der Waals surface area contributed by atoms with Gasteiger partial charge in [0.15, 0.2) is 0 Å². The van der Waals surface area contributed by atoms with Crippen LogP contribution in [-0.2, 0) is 17.5 Å². The Morgan fingerprint density at radius 3 is 2.38 bits per heavy atom. The number of carboxylic acid groups (broad SMARTS) is 2. The van der Waals surface area contributed by atoms with Gasteiger partial charge in [0.1, 0.15) is 12.2 Å². The average Bonchev–Trinajstić information content (AvgIpc) is 3.30. The maximum atomic E-state index is 13.8. The molecule has 4 aromatic rings. The molecule has 1 amide bonds. The highest BCUT2D eigenvalue weighted by molar-refractivity contribution is 5.93. The van der Waals surface area contributed by atoms with Crippen molar-refractivity contribution >= 4 is 34.6 Å². The lowest BCUT2D eigenvalue weighted by Crippen LogP contribution is -2.18. The first-order valence-corrected chi connectivity index (χ1v) is 10.2. The molecule has 4 rings (SSSR count). The summed E-state index contributed by atoms with van der Waals surface area (Å²) >= 11 is 0. The molecule has 0 aliphatic carbocycles. The van der Waals surface area contributed by atoms with Gasteiger partial charge in [-0.05, 0) is 42.5 Å². The maximum absolute atomic E-state index is 13.8. The molecular weight excluding hydrogens is 501 g/mol. The minimum Gasteiger partial charge on any atom is -0.478 e. The topological polar surface area (TPSA) is 164 Å². The number of aromatic carboxylic acids is 2. The van der Waals surface area contributed by atoms with Crippen LogP contribution in [0, 0.1) is 0 Å². The maximum Gasteiger partial charge on any atom is 0.418 e. The quantitative estimate of drug-likeness (QED) is 0.300.